The molecular weight excluding hydrogens is 302 g/mol. The van der Waals surface area contributed by atoms with Gasteiger partial charge in [-0.3, -0.25) is 0 Å². The summed E-state index contributed by atoms with van der Waals surface area (Å²) in [6.45, 7) is 1.65. The summed E-state index contributed by atoms with van der Waals surface area (Å²) in [6, 6.07) is 5.89. The Morgan fingerprint density at radius 1 is 1.40 bits per heavy atom. The van der Waals surface area contributed by atoms with Crippen molar-refractivity contribution in [2.45, 2.75) is 11.8 Å². The largest absolute Gasteiger partial charge is 0.267 e. The van der Waals surface area contributed by atoms with Gasteiger partial charge in [0.1, 0.15) is 16.1 Å². The van der Waals surface area contributed by atoms with Gasteiger partial charge in [-0.2, -0.15) is 5.26 Å². The zero-order valence-corrected chi connectivity index (χ0v) is 11.8. The number of halogens is 1. The molecule has 2 aromatic heterocycles. The molecule has 0 atom stereocenters. The van der Waals surface area contributed by atoms with Crippen LogP contribution in [-0.2, 0) is 10.0 Å². The normalized spacial score (nSPS) is 10.8. The number of aryl methyl sites for hydroxylation is 1. The van der Waals surface area contributed by atoms with Crippen LogP contribution in [0.1, 0.15) is 11.4 Å². The molecule has 0 radical (unpaired) electrons. The number of aromatic nitrogens is 3. The molecule has 0 spiro atoms. The molecule has 0 aliphatic carbocycles. The maximum atomic E-state index is 12.2. The Morgan fingerprint density at radius 3 is 2.80 bits per heavy atom. The molecule has 2 rings (SSSR count). The fraction of sp³-hybridized carbons (Fsp3) is 0.0909. The molecule has 2 heterocycles. The van der Waals surface area contributed by atoms with E-state index in [1.165, 1.54) is 24.4 Å². The molecule has 0 amide bonds. The smallest absolute Gasteiger partial charge is 0.247 e. The van der Waals surface area contributed by atoms with Crippen LogP contribution >= 0.6 is 11.6 Å². The van der Waals surface area contributed by atoms with E-state index in [1.807, 2.05) is 0 Å². The second-order valence-electron chi connectivity index (χ2n) is 3.72. The summed E-state index contributed by atoms with van der Waals surface area (Å²) >= 11 is 5.73. The van der Waals surface area contributed by atoms with Crippen molar-refractivity contribution in [3.05, 3.63) is 40.9 Å². The number of rotatable bonds is 3. The molecule has 9 heteroatoms. The molecule has 0 aliphatic rings. The summed E-state index contributed by atoms with van der Waals surface area (Å²) in [7, 11) is -4.01. The van der Waals surface area contributed by atoms with Crippen LogP contribution in [-0.4, -0.2) is 23.4 Å². The Labute approximate surface area is 120 Å². The van der Waals surface area contributed by atoms with Gasteiger partial charge < -0.3 is 0 Å². The highest BCUT2D eigenvalue weighted by Crippen LogP contribution is 2.17. The summed E-state index contributed by atoms with van der Waals surface area (Å²) in [6.07, 6.45) is 1.33. The van der Waals surface area contributed by atoms with Crippen LogP contribution in [0.15, 0.2) is 29.3 Å². The van der Waals surface area contributed by atoms with Gasteiger partial charge in [0.05, 0.1) is 0 Å². The summed E-state index contributed by atoms with van der Waals surface area (Å²) in [4.78, 5) is 11.1. The Bertz CT molecular complexity index is 780. The Kier molecular flexibility index (Phi) is 3.83. The highest BCUT2D eigenvalue weighted by molar-refractivity contribution is 7.92. The third kappa shape index (κ3) is 3.01. The summed E-state index contributed by atoms with van der Waals surface area (Å²) in [5, 5.41) is 8.99. The van der Waals surface area contributed by atoms with E-state index < -0.39 is 10.0 Å². The first kappa shape index (κ1) is 14.2. The van der Waals surface area contributed by atoms with Gasteiger partial charge in [0, 0.05) is 11.9 Å². The number of hydrogen-bond donors (Lipinski definition) is 1. The van der Waals surface area contributed by atoms with Crippen molar-refractivity contribution < 1.29 is 8.42 Å². The lowest BCUT2D eigenvalue weighted by Gasteiger charge is -2.07. The summed E-state index contributed by atoms with van der Waals surface area (Å²) in [5.41, 5.74) is 0.299. The molecule has 20 heavy (non-hydrogen) atoms. The summed E-state index contributed by atoms with van der Waals surface area (Å²) < 4.78 is 26.5. The lowest BCUT2D eigenvalue weighted by molar-refractivity contribution is 0.600. The highest BCUT2D eigenvalue weighted by Gasteiger charge is 2.20. The second kappa shape index (κ2) is 5.40. The number of nitriles is 1. The Hall–Kier alpha value is -2.24. The number of hydrogen-bond acceptors (Lipinski definition) is 6. The van der Waals surface area contributed by atoms with Crippen molar-refractivity contribution >= 4 is 27.6 Å². The maximum absolute atomic E-state index is 12.2. The minimum Gasteiger partial charge on any atom is -0.247 e. The maximum Gasteiger partial charge on any atom is 0.267 e. The zero-order chi connectivity index (χ0) is 14.8. The van der Waals surface area contributed by atoms with Crippen molar-refractivity contribution in [1.82, 2.24) is 15.0 Å². The van der Waals surface area contributed by atoms with Crippen molar-refractivity contribution in [3.8, 4) is 6.07 Å². The van der Waals surface area contributed by atoms with Gasteiger partial charge >= 0.3 is 0 Å². The molecule has 102 valence electrons. The molecule has 0 bridgehead atoms. The van der Waals surface area contributed by atoms with E-state index in [4.69, 9.17) is 16.9 Å². The zero-order valence-electron chi connectivity index (χ0n) is 10.2. The highest BCUT2D eigenvalue weighted by atomic mass is 35.5. The van der Waals surface area contributed by atoms with E-state index in [9.17, 15) is 8.42 Å². The van der Waals surface area contributed by atoms with Crippen LogP contribution in [0.4, 0.5) is 5.95 Å². The minimum atomic E-state index is -4.01. The Morgan fingerprint density at radius 2 is 2.15 bits per heavy atom. The molecule has 0 unspecified atom stereocenters. The van der Waals surface area contributed by atoms with Gasteiger partial charge in [-0.25, -0.2) is 28.1 Å². The van der Waals surface area contributed by atoms with Crippen molar-refractivity contribution in [1.29, 1.82) is 5.26 Å². The molecule has 1 N–H and O–H groups in total. The first-order valence-electron chi connectivity index (χ1n) is 5.31. The monoisotopic (exact) mass is 309 g/mol. The van der Waals surface area contributed by atoms with Crippen molar-refractivity contribution in [2.24, 2.45) is 0 Å². The van der Waals surface area contributed by atoms with Gasteiger partial charge in [-0.05, 0) is 25.1 Å². The van der Waals surface area contributed by atoms with Crippen LogP contribution in [0.3, 0.4) is 0 Å². The minimum absolute atomic E-state index is 0.113. The summed E-state index contributed by atoms with van der Waals surface area (Å²) in [5.74, 6) is -0.164. The predicted molar refractivity (Wildman–Crippen MR) is 71.5 cm³/mol. The Balaban J connectivity index is 2.44. The predicted octanol–water partition coefficient (Wildman–Crippen LogP) is 1.51. The van der Waals surface area contributed by atoms with Crippen molar-refractivity contribution in [3.63, 3.8) is 0 Å². The average molecular weight is 310 g/mol. The third-order valence-electron chi connectivity index (χ3n) is 2.21. The van der Waals surface area contributed by atoms with E-state index in [1.54, 1.807) is 13.0 Å². The number of anilines is 1. The number of sulfonamides is 1. The molecule has 7 nitrogen and oxygen atoms in total. The number of nitrogens with zero attached hydrogens (tertiary/aromatic N) is 4. The SMILES string of the molecule is Cc1cc(Cl)nc(NS(=O)(=O)c2cccnc2C#N)n1. The molecule has 0 fully saturated rings. The van der Waals surface area contributed by atoms with Crippen LogP contribution in [0, 0.1) is 18.3 Å². The van der Waals surface area contributed by atoms with E-state index in [0.29, 0.717) is 5.69 Å². The van der Waals surface area contributed by atoms with Crippen LogP contribution < -0.4 is 4.72 Å². The molecule has 0 aromatic carbocycles. The van der Waals surface area contributed by atoms with Crippen LogP contribution in [0.5, 0.6) is 0 Å². The van der Waals surface area contributed by atoms with E-state index >= 15 is 0 Å². The molecule has 2 aromatic rings. The van der Waals surface area contributed by atoms with Gasteiger partial charge in [0.15, 0.2) is 5.69 Å². The second-order valence-corrected chi connectivity index (χ2v) is 5.76. The van der Waals surface area contributed by atoms with Crippen LogP contribution in [0.2, 0.25) is 5.15 Å². The molecule has 0 saturated carbocycles. The fourth-order valence-electron chi connectivity index (χ4n) is 1.44. The fourth-order valence-corrected chi connectivity index (χ4v) is 2.73. The average Bonchev–Trinajstić information content (AvgIpc) is 2.36. The van der Waals surface area contributed by atoms with Gasteiger partial charge in [0.2, 0.25) is 5.95 Å². The number of pyridine rings is 1. The first-order chi connectivity index (χ1) is 9.42. The third-order valence-corrected chi connectivity index (χ3v) is 3.77. The topological polar surface area (TPSA) is 109 Å². The van der Waals surface area contributed by atoms with Crippen LogP contribution in [0.25, 0.3) is 0 Å². The number of nitrogens with one attached hydrogen (secondary N) is 1. The lowest BCUT2D eigenvalue weighted by Crippen LogP contribution is -2.17. The molecular formula is C11H8ClN5O2S. The van der Waals surface area contributed by atoms with E-state index in [2.05, 4.69) is 19.7 Å². The quantitative estimate of drug-likeness (QED) is 0.861. The van der Waals surface area contributed by atoms with Gasteiger partial charge in [-0.1, -0.05) is 11.6 Å². The standard InChI is InChI=1S/C11H8ClN5O2S/c1-7-5-10(12)16-11(15-7)17-20(18,19)9-3-2-4-14-8(9)6-13/h2-5H,1H3,(H,15,16,17). The lowest BCUT2D eigenvalue weighted by atomic mass is 10.4. The van der Waals surface area contributed by atoms with E-state index in [0.717, 1.165) is 0 Å². The molecule has 0 saturated heterocycles. The first-order valence-corrected chi connectivity index (χ1v) is 7.17. The van der Waals surface area contributed by atoms with Gasteiger partial charge in [0.25, 0.3) is 10.0 Å². The molecule has 0 aliphatic heterocycles. The van der Waals surface area contributed by atoms with Crippen molar-refractivity contribution in [2.75, 3.05) is 4.72 Å². The van der Waals surface area contributed by atoms with E-state index in [-0.39, 0.29) is 21.7 Å². The van der Waals surface area contributed by atoms with Gasteiger partial charge in [-0.15, -0.1) is 0 Å².